The normalized spacial score (nSPS) is 12.5. The Morgan fingerprint density at radius 3 is 2.77 bits per heavy atom. The topological polar surface area (TPSA) is 84.1 Å². The SMILES string of the molecule is CC[C@@H](CO)Nc1nccnc1N. The molecule has 0 aromatic carbocycles. The predicted molar refractivity (Wildman–Crippen MR) is 51.2 cm³/mol. The van der Waals surface area contributed by atoms with Crippen molar-refractivity contribution in [3.8, 4) is 0 Å². The molecule has 5 nitrogen and oxygen atoms in total. The van der Waals surface area contributed by atoms with Crippen LogP contribution in [0.1, 0.15) is 13.3 Å². The summed E-state index contributed by atoms with van der Waals surface area (Å²) in [6.45, 7) is 2.03. The summed E-state index contributed by atoms with van der Waals surface area (Å²) in [6, 6.07) is -0.0148. The molecule has 0 radical (unpaired) electrons. The Morgan fingerprint density at radius 2 is 2.23 bits per heavy atom. The van der Waals surface area contributed by atoms with Crippen molar-refractivity contribution >= 4 is 11.6 Å². The van der Waals surface area contributed by atoms with E-state index in [0.29, 0.717) is 11.6 Å². The van der Waals surface area contributed by atoms with Gasteiger partial charge >= 0.3 is 0 Å². The Hall–Kier alpha value is -1.36. The number of nitrogen functional groups attached to an aromatic ring is 1. The number of aliphatic hydroxyl groups is 1. The van der Waals surface area contributed by atoms with Crippen molar-refractivity contribution in [1.29, 1.82) is 0 Å². The Balaban J connectivity index is 2.67. The van der Waals surface area contributed by atoms with Crippen LogP contribution in [0.5, 0.6) is 0 Å². The molecule has 1 heterocycles. The Morgan fingerprint density at radius 1 is 1.54 bits per heavy atom. The van der Waals surface area contributed by atoms with Crippen LogP contribution < -0.4 is 11.1 Å². The zero-order valence-electron chi connectivity index (χ0n) is 7.57. The van der Waals surface area contributed by atoms with Crippen molar-refractivity contribution in [3.63, 3.8) is 0 Å². The molecule has 0 aliphatic carbocycles. The summed E-state index contributed by atoms with van der Waals surface area (Å²) in [4.78, 5) is 7.88. The Labute approximate surface area is 77.0 Å². The molecule has 0 bridgehead atoms. The summed E-state index contributed by atoms with van der Waals surface area (Å²) in [5.74, 6) is 0.887. The first-order valence-corrected chi connectivity index (χ1v) is 4.21. The molecule has 0 unspecified atom stereocenters. The van der Waals surface area contributed by atoms with Crippen LogP contribution in [0, 0.1) is 0 Å². The lowest BCUT2D eigenvalue weighted by Crippen LogP contribution is -2.24. The maximum atomic E-state index is 8.93. The quantitative estimate of drug-likeness (QED) is 0.621. The molecule has 13 heavy (non-hydrogen) atoms. The lowest BCUT2D eigenvalue weighted by Gasteiger charge is -2.14. The van der Waals surface area contributed by atoms with Gasteiger partial charge in [0, 0.05) is 12.4 Å². The second kappa shape index (κ2) is 4.61. The van der Waals surface area contributed by atoms with E-state index in [-0.39, 0.29) is 12.6 Å². The number of nitrogens with one attached hydrogen (secondary N) is 1. The highest BCUT2D eigenvalue weighted by Crippen LogP contribution is 2.11. The van der Waals surface area contributed by atoms with Crippen LogP contribution >= 0.6 is 0 Å². The summed E-state index contributed by atoms with van der Waals surface area (Å²) in [5, 5.41) is 11.9. The zero-order chi connectivity index (χ0) is 9.68. The maximum Gasteiger partial charge on any atom is 0.169 e. The van der Waals surface area contributed by atoms with E-state index < -0.39 is 0 Å². The number of rotatable bonds is 4. The van der Waals surface area contributed by atoms with Gasteiger partial charge in [0.15, 0.2) is 11.6 Å². The third kappa shape index (κ3) is 2.55. The molecule has 5 heteroatoms. The van der Waals surface area contributed by atoms with Crippen LogP contribution in [0.25, 0.3) is 0 Å². The van der Waals surface area contributed by atoms with Gasteiger partial charge in [0.2, 0.25) is 0 Å². The van der Waals surface area contributed by atoms with Gasteiger partial charge in [-0.05, 0) is 6.42 Å². The maximum absolute atomic E-state index is 8.93. The minimum Gasteiger partial charge on any atom is -0.394 e. The van der Waals surface area contributed by atoms with Gasteiger partial charge in [-0.2, -0.15) is 0 Å². The number of aromatic nitrogens is 2. The monoisotopic (exact) mass is 182 g/mol. The molecule has 4 N–H and O–H groups in total. The molecule has 1 aromatic heterocycles. The van der Waals surface area contributed by atoms with Gasteiger partial charge in [0.05, 0.1) is 12.6 Å². The smallest absolute Gasteiger partial charge is 0.169 e. The average molecular weight is 182 g/mol. The van der Waals surface area contributed by atoms with E-state index in [2.05, 4.69) is 15.3 Å². The molecule has 0 aliphatic heterocycles. The van der Waals surface area contributed by atoms with E-state index in [9.17, 15) is 0 Å². The third-order valence-electron chi connectivity index (χ3n) is 1.78. The van der Waals surface area contributed by atoms with E-state index in [1.54, 1.807) is 6.20 Å². The van der Waals surface area contributed by atoms with Gasteiger partial charge in [-0.1, -0.05) is 6.92 Å². The van der Waals surface area contributed by atoms with Crippen molar-refractivity contribution < 1.29 is 5.11 Å². The van der Waals surface area contributed by atoms with Gasteiger partial charge in [-0.3, -0.25) is 0 Å². The Bertz CT molecular complexity index is 262. The number of hydrogen-bond donors (Lipinski definition) is 3. The summed E-state index contributed by atoms with van der Waals surface area (Å²) in [6.07, 6.45) is 3.90. The van der Waals surface area contributed by atoms with Crippen LogP contribution in [-0.2, 0) is 0 Å². The molecule has 0 spiro atoms. The fourth-order valence-corrected chi connectivity index (χ4v) is 0.930. The average Bonchev–Trinajstić information content (AvgIpc) is 2.17. The van der Waals surface area contributed by atoms with Crippen LogP contribution in [-0.4, -0.2) is 27.7 Å². The molecular formula is C8H14N4O. The first kappa shape index (κ1) is 9.73. The molecule has 0 aliphatic rings. The van der Waals surface area contributed by atoms with Crippen molar-refractivity contribution in [1.82, 2.24) is 9.97 Å². The lowest BCUT2D eigenvalue weighted by molar-refractivity contribution is 0.271. The van der Waals surface area contributed by atoms with E-state index in [0.717, 1.165) is 6.42 Å². The molecule has 0 fully saturated rings. The molecule has 72 valence electrons. The van der Waals surface area contributed by atoms with Crippen molar-refractivity contribution in [2.24, 2.45) is 0 Å². The second-order valence-electron chi connectivity index (χ2n) is 2.72. The molecule has 1 aromatic rings. The minimum atomic E-state index is -0.0148. The highest BCUT2D eigenvalue weighted by Gasteiger charge is 2.07. The van der Waals surface area contributed by atoms with Crippen molar-refractivity contribution in [2.45, 2.75) is 19.4 Å². The van der Waals surface area contributed by atoms with Gasteiger partial charge in [-0.15, -0.1) is 0 Å². The number of aliphatic hydroxyl groups excluding tert-OH is 1. The zero-order valence-corrected chi connectivity index (χ0v) is 7.57. The second-order valence-corrected chi connectivity index (χ2v) is 2.72. The first-order valence-electron chi connectivity index (χ1n) is 4.21. The minimum absolute atomic E-state index is 0.0148. The third-order valence-corrected chi connectivity index (χ3v) is 1.78. The highest BCUT2D eigenvalue weighted by molar-refractivity contribution is 5.55. The highest BCUT2D eigenvalue weighted by atomic mass is 16.3. The summed E-state index contributed by atoms with van der Waals surface area (Å²) < 4.78 is 0. The standard InChI is InChI=1S/C8H14N4O/c1-2-6(5-13)12-8-7(9)10-3-4-11-8/h3-4,6,13H,2,5H2,1H3,(H2,9,10)(H,11,12)/t6-/m0/s1. The Kier molecular flexibility index (Phi) is 3.45. The van der Waals surface area contributed by atoms with Gasteiger partial charge in [0.25, 0.3) is 0 Å². The van der Waals surface area contributed by atoms with Crippen LogP contribution in [0.2, 0.25) is 0 Å². The van der Waals surface area contributed by atoms with Crippen molar-refractivity contribution in [3.05, 3.63) is 12.4 Å². The van der Waals surface area contributed by atoms with E-state index in [1.807, 2.05) is 6.92 Å². The number of anilines is 2. The van der Waals surface area contributed by atoms with Gasteiger partial charge < -0.3 is 16.2 Å². The number of nitrogens with zero attached hydrogens (tertiary/aromatic N) is 2. The molecule has 0 saturated heterocycles. The molecule has 0 saturated carbocycles. The lowest BCUT2D eigenvalue weighted by atomic mass is 10.2. The summed E-state index contributed by atoms with van der Waals surface area (Å²) in [5.41, 5.74) is 5.56. The van der Waals surface area contributed by atoms with Crippen LogP contribution in [0.15, 0.2) is 12.4 Å². The van der Waals surface area contributed by atoms with E-state index in [4.69, 9.17) is 10.8 Å². The molecule has 1 rings (SSSR count). The van der Waals surface area contributed by atoms with Crippen LogP contribution in [0.3, 0.4) is 0 Å². The summed E-state index contributed by atoms with van der Waals surface area (Å²) >= 11 is 0. The fourth-order valence-electron chi connectivity index (χ4n) is 0.930. The fraction of sp³-hybridized carbons (Fsp3) is 0.500. The van der Waals surface area contributed by atoms with Gasteiger partial charge in [0.1, 0.15) is 0 Å². The number of nitrogens with two attached hydrogens (primary N) is 1. The molecule has 0 amide bonds. The largest absolute Gasteiger partial charge is 0.394 e. The van der Waals surface area contributed by atoms with Gasteiger partial charge in [-0.25, -0.2) is 9.97 Å². The van der Waals surface area contributed by atoms with E-state index >= 15 is 0 Å². The number of hydrogen-bond acceptors (Lipinski definition) is 5. The van der Waals surface area contributed by atoms with Crippen LogP contribution in [0.4, 0.5) is 11.6 Å². The predicted octanol–water partition coefficient (Wildman–Crippen LogP) is 0.242. The molecular weight excluding hydrogens is 168 g/mol. The summed E-state index contributed by atoms with van der Waals surface area (Å²) in [7, 11) is 0. The van der Waals surface area contributed by atoms with E-state index in [1.165, 1.54) is 6.20 Å². The molecule has 1 atom stereocenters. The van der Waals surface area contributed by atoms with Crippen molar-refractivity contribution in [2.75, 3.05) is 17.7 Å². The first-order chi connectivity index (χ1) is 6.27.